The molecule has 29 heavy (non-hydrogen) atoms. The molecule has 5 fully saturated rings. The number of carbonyl (C=O) groups is 2. The van der Waals surface area contributed by atoms with Gasteiger partial charge >= 0.3 is 0 Å². The van der Waals surface area contributed by atoms with E-state index in [0.29, 0.717) is 30.6 Å². The van der Waals surface area contributed by atoms with Crippen molar-refractivity contribution < 1.29 is 28.2 Å². The van der Waals surface area contributed by atoms with E-state index in [4.69, 9.17) is 14.2 Å². The fourth-order valence-corrected chi connectivity index (χ4v) is 8.14. The lowest BCUT2D eigenvalue weighted by Crippen LogP contribution is -2.60. The summed E-state index contributed by atoms with van der Waals surface area (Å²) in [5.41, 5.74) is -0.459. The van der Waals surface area contributed by atoms with Gasteiger partial charge in [0.15, 0.2) is 29.6 Å². The van der Waals surface area contributed by atoms with Crippen LogP contribution in [0.2, 0.25) is 0 Å². The molecule has 0 amide bonds. The normalized spacial score (nSPS) is 53.9. The summed E-state index contributed by atoms with van der Waals surface area (Å²) in [5, 5.41) is 0. The number of rotatable bonds is 2. The van der Waals surface area contributed by atoms with Crippen LogP contribution in [0.1, 0.15) is 52.9 Å². The predicted molar refractivity (Wildman–Crippen MR) is 101 cm³/mol. The molecule has 3 saturated carbocycles. The Hall–Kier alpha value is -1.11. The van der Waals surface area contributed by atoms with E-state index in [-0.39, 0.29) is 23.9 Å². The lowest BCUT2D eigenvalue weighted by Gasteiger charge is -2.54. The molecule has 5 nitrogen and oxygen atoms in total. The zero-order chi connectivity index (χ0) is 20.3. The Morgan fingerprint density at radius 3 is 2.83 bits per heavy atom. The molecule has 0 unspecified atom stereocenters. The molecule has 0 radical (unpaired) electrons. The molecule has 158 valence electrons. The van der Waals surface area contributed by atoms with Crippen LogP contribution < -0.4 is 0 Å². The van der Waals surface area contributed by atoms with Crippen molar-refractivity contribution in [3.63, 3.8) is 0 Å². The van der Waals surface area contributed by atoms with Gasteiger partial charge in [-0.1, -0.05) is 6.92 Å². The Kier molecular flexibility index (Phi) is 3.58. The number of ether oxygens (including phenoxy) is 3. The zero-order valence-corrected chi connectivity index (χ0v) is 17.3. The number of epoxide rings is 1. The van der Waals surface area contributed by atoms with E-state index in [1.54, 1.807) is 0 Å². The van der Waals surface area contributed by atoms with E-state index < -0.39 is 35.4 Å². The monoisotopic (exact) mass is 404 g/mol. The Morgan fingerprint density at radius 1 is 1.28 bits per heavy atom. The minimum Gasteiger partial charge on any atom is -0.365 e. The van der Waals surface area contributed by atoms with Crippen LogP contribution in [0.4, 0.5) is 4.39 Å². The van der Waals surface area contributed by atoms with Crippen LogP contribution in [0.25, 0.3) is 0 Å². The summed E-state index contributed by atoms with van der Waals surface area (Å²) in [6.45, 7) is 4.74. The second kappa shape index (κ2) is 5.57. The number of alkyl halides is 1. The van der Waals surface area contributed by atoms with E-state index in [1.807, 2.05) is 19.9 Å². The summed E-state index contributed by atoms with van der Waals surface area (Å²) in [6.07, 6.45) is 5.61. The summed E-state index contributed by atoms with van der Waals surface area (Å²) in [4.78, 5) is 25.0. The molecule has 2 heterocycles. The first-order valence-corrected chi connectivity index (χ1v) is 11.1. The fourth-order valence-electron chi connectivity index (χ4n) is 8.14. The highest BCUT2D eigenvalue weighted by molar-refractivity contribution is 5.92. The fraction of sp³-hybridized carbons (Fsp3) is 0.826. The molecule has 0 aromatic carbocycles. The highest BCUT2D eigenvalue weighted by atomic mass is 19.1. The average molecular weight is 404 g/mol. The molecule has 4 aliphatic carbocycles. The summed E-state index contributed by atoms with van der Waals surface area (Å²) in [7, 11) is 0. The minimum absolute atomic E-state index is 0.0550. The van der Waals surface area contributed by atoms with Crippen molar-refractivity contribution in [1.29, 1.82) is 0 Å². The lowest BCUT2D eigenvalue weighted by atomic mass is 9.50. The van der Waals surface area contributed by atoms with Gasteiger partial charge in [0.05, 0.1) is 12.2 Å². The molecule has 0 bridgehead atoms. The first kappa shape index (κ1) is 18.6. The maximum absolute atomic E-state index is 13.8. The van der Waals surface area contributed by atoms with Gasteiger partial charge in [0.2, 0.25) is 0 Å². The highest BCUT2D eigenvalue weighted by Crippen LogP contribution is 2.71. The number of hydrogen-bond donors (Lipinski definition) is 0. The molecule has 6 rings (SSSR count). The largest absolute Gasteiger partial charge is 0.365 e. The number of carbonyl (C=O) groups excluding carboxylic acids is 2. The van der Waals surface area contributed by atoms with Gasteiger partial charge in [-0.15, -0.1) is 0 Å². The molecular formula is C23H29FO5. The van der Waals surface area contributed by atoms with Crippen molar-refractivity contribution in [2.45, 2.75) is 82.6 Å². The number of fused-ring (bicyclic) bond motifs is 10. The molecular weight excluding hydrogens is 375 g/mol. The second-order valence-electron chi connectivity index (χ2n) is 10.7. The third kappa shape index (κ3) is 2.16. The van der Waals surface area contributed by atoms with Crippen molar-refractivity contribution >= 4 is 11.6 Å². The number of hydrogen-bond acceptors (Lipinski definition) is 5. The second-order valence-corrected chi connectivity index (χ2v) is 10.7. The minimum atomic E-state index is -1.20. The lowest BCUT2D eigenvalue weighted by molar-refractivity contribution is -0.213. The molecule has 0 aromatic heterocycles. The number of halogens is 1. The summed E-state index contributed by atoms with van der Waals surface area (Å²) < 4.78 is 32.4. The van der Waals surface area contributed by atoms with Crippen molar-refractivity contribution in [1.82, 2.24) is 0 Å². The van der Waals surface area contributed by atoms with Crippen molar-refractivity contribution in [2.24, 2.45) is 29.1 Å². The van der Waals surface area contributed by atoms with Crippen molar-refractivity contribution in [2.75, 3.05) is 6.67 Å². The van der Waals surface area contributed by atoms with Gasteiger partial charge in [0, 0.05) is 11.8 Å². The van der Waals surface area contributed by atoms with E-state index >= 15 is 0 Å². The Balaban J connectivity index is 1.41. The average Bonchev–Trinajstić information content (AvgIpc) is 3.36. The maximum Gasteiger partial charge on any atom is 0.198 e. The standard InChI is InChI=1S/C23H29FO5/c1-21(2)28-17-9-15-18-13(6-7-22(15,3)23(17,29-21)16(26)10-24)12-5-4-11(25)8-14(12)19-20(18)27-19/h8,12-13,15,17-20H,4-7,9-10H2,1-3H3/t12-,13-,15+,17-,18-,19-,20+,22+,23-/m1/s1. The Bertz CT molecular complexity index is 835. The SMILES string of the molecule is CC1(C)O[C@@H]2C[C@H]3[C@H]4[C@H](CC[C@]3(C)[C@]2(C(=O)CF)O1)[C@H]1CCC(=O)C=C1[C@H]1O[C@@H]41. The smallest absolute Gasteiger partial charge is 0.198 e. The number of ketones is 2. The van der Waals surface area contributed by atoms with Crippen LogP contribution in [-0.4, -0.2) is 47.9 Å². The van der Waals surface area contributed by atoms with E-state index in [9.17, 15) is 14.0 Å². The molecule has 6 aliphatic rings. The first-order valence-electron chi connectivity index (χ1n) is 11.1. The molecule has 2 aliphatic heterocycles. The van der Waals surface area contributed by atoms with E-state index in [2.05, 4.69) is 6.92 Å². The van der Waals surface area contributed by atoms with Crippen molar-refractivity contribution in [3.05, 3.63) is 11.6 Å². The van der Waals surface area contributed by atoms with Crippen LogP contribution >= 0.6 is 0 Å². The maximum atomic E-state index is 13.8. The first-order chi connectivity index (χ1) is 13.7. The predicted octanol–water partition coefficient (Wildman–Crippen LogP) is 3.15. The Morgan fingerprint density at radius 2 is 2.07 bits per heavy atom. The van der Waals surface area contributed by atoms with Crippen LogP contribution in [-0.2, 0) is 23.8 Å². The van der Waals surface area contributed by atoms with Crippen molar-refractivity contribution in [3.8, 4) is 0 Å². The van der Waals surface area contributed by atoms with Crippen LogP contribution in [0, 0.1) is 29.1 Å². The summed E-state index contributed by atoms with van der Waals surface area (Å²) >= 11 is 0. The van der Waals surface area contributed by atoms with E-state index in [1.165, 1.54) is 5.57 Å². The van der Waals surface area contributed by atoms with E-state index in [0.717, 1.165) is 19.3 Å². The number of Topliss-reactive ketones (excluding diaryl/α,β-unsaturated/α-hetero) is 1. The molecule has 0 spiro atoms. The molecule has 0 N–H and O–H groups in total. The van der Waals surface area contributed by atoms with Gasteiger partial charge in [0.25, 0.3) is 0 Å². The van der Waals surface area contributed by atoms with Gasteiger partial charge in [-0.25, -0.2) is 4.39 Å². The van der Waals surface area contributed by atoms with Gasteiger partial charge in [-0.2, -0.15) is 0 Å². The van der Waals surface area contributed by atoms with Crippen LogP contribution in [0.15, 0.2) is 11.6 Å². The molecule has 6 heteroatoms. The molecule has 0 aromatic rings. The van der Waals surface area contributed by atoms with Crippen LogP contribution in [0.3, 0.4) is 0 Å². The Labute approximate surface area is 170 Å². The highest BCUT2D eigenvalue weighted by Gasteiger charge is 2.77. The topological polar surface area (TPSA) is 65.1 Å². The zero-order valence-electron chi connectivity index (χ0n) is 17.3. The van der Waals surface area contributed by atoms with Gasteiger partial charge in [-0.05, 0) is 74.9 Å². The van der Waals surface area contributed by atoms with Gasteiger partial charge in [-0.3, -0.25) is 9.59 Å². The molecule has 9 atom stereocenters. The summed E-state index contributed by atoms with van der Waals surface area (Å²) in [6, 6.07) is 0. The molecule has 2 saturated heterocycles. The van der Waals surface area contributed by atoms with Gasteiger partial charge in [0.1, 0.15) is 6.10 Å². The quantitative estimate of drug-likeness (QED) is 0.662. The summed E-state index contributed by atoms with van der Waals surface area (Å²) in [5.74, 6) is 0.246. The third-order valence-electron chi connectivity index (χ3n) is 9.12. The van der Waals surface area contributed by atoms with Crippen LogP contribution in [0.5, 0.6) is 0 Å². The van der Waals surface area contributed by atoms with Gasteiger partial charge < -0.3 is 14.2 Å². The third-order valence-corrected chi connectivity index (χ3v) is 9.12.